The zero-order chi connectivity index (χ0) is 24.6. The highest BCUT2D eigenvalue weighted by atomic mass is 35.5. The lowest BCUT2D eigenvalue weighted by molar-refractivity contribution is -0.121. The zero-order valence-corrected chi connectivity index (χ0v) is 19.2. The van der Waals surface area contributed by atoms with E-state index in [9.17, 15) is 9.59 Å². The average Bonchev–Trinajstić information content (AvgIpc) is 3.17. The number of carbonyl (C=O) groups excluding carboxylic acids is 2. The summed E-state index contributed by atoms with van der Waals surface area (Å²) in [5.74, 6) is -0.673. The van der Waals surface area contributed by atoms with E-state index in [1.165, 1.54) is 22.8 Å². The first-order valence-corrected chi connectivity index (χ1v) is 10.3. The minimum absolute atomic E-state index is 0.0845. The monoisotopic (exact) mass is 467 g/mol. The van der Waals surface area contributed by atoms with Gasteiger partial charge in [-0.15, -0.1) is 0 Å². The number of nitrogens with zero attached hydrogens (tertiary/aromatic N) is 6. The molecule has 3 heterocycles. The molecule has 0 fully saturated rings. The van der Waals surface area contributed by atoms with Gasteiger partial charge >= 0.3 is 0 Å². The molecule has 170 valence electrons. The van der Waals surface area contributed by atoms with E-state index in [4.69, 9.17) is 22.1 Å². The van der Waals surface area contributed by atoms with Crippen LogP contribution in [0.2, 0.25) is 5.15 Å². The first-order valence-electron chi connectivity index (χ1n) is 9.91. The number of aromatic nitrogens is 4. The maximum absolute atomic E-state index is 12.6. The topological polar surface area (TPSA) is 161 Å². The zero-order valence-electron chi connectivity index (χ0n) is 18.5. The van der Waals surface area contributed by atoms with Crippen LogP contribution in [0.15, 0.2) is 30.5 Å². The molecule has 12 heteroatoms. The van der Waals surface area contributed by atoms with E-state index in [2.05, 4.69) is 25.7 Å². The Morgan fingerprint density at radius 3 is 2.64 bits per heavy atom. The summed E-state index contributed by atoms with van der Waals surface area (Å²) in [6, 6.07) is 8.29. The molecule has 3 aromatic heterocycles. The lowest BCUT2D eigenvalue weighted by Gasteiger charge is -2.25. The standard InChI is InChI=1S/C19H16ClN9O2.C2H6/c1-19(2,7-16(30)24-10-22)27-18(31)12-4-3-5-15(25-12)26-13-6-14(20)28-29-11(8-21)9-23-17(13)29;1-2/h3-6,9H,7H2,1-2H3,(H,24,30)(H,25,26)(H,27,31);1-2H3. The Labute approximate surface area is 195 Å². The van der Waals surface area contributed by atoms with E-state index < -0.39 is 17.4 Å². The Balaban J connectivity index is 0.00000187. The maximum Gasteiger partial charge on any atom is 0.270 e. The van der Waals surface area contributed by atoms with E-state index in [-0.39, 0.29) is 23.0 Å². The van der Waals surface area contributed by atoms with Gasteiger partial charge in [0, 0.05) is 11.6 Å². The van der Waals surface area contributed by atoms with Crippen LogP contribution >= 0.6 is 11.6 Å². The first kappa shape index (κ1) is 25.0. The summed E-state index contributed by atoms with van der Waals surface area (Å²) in [6.45, 7) is 7.31. The van der Waals surface area contributed by atoms with Crippen molar-refractivity contribution in [2.75, 3.05) is 5.32 Å². The van der Waals surface area contributed by atoms with Crippen LogP contribution in [0.4, 0.5) is 11.5 Å². The molecule has 11 nitrogen and oxygen atoms in total. The number of anilines is 2. The molecule has 0 spiro atoms. The van der Waals surface area contributed by atoms with Crippen LogP contribution in [-0.4, -0.2) is 36.9 Å². The lowest BCUT2D eigenvalue weighted by Crippen LogP contribution is -2.46. The fraction of sp³-hybridized carbons (Fsp3) is 0.286. The summed E-state index contributed by atoms with van der Waals surface area (Å²) >= 11 is 6.05. The summed E-state index contributed by atoms with van der Waals surface area (Å²) in [7, 11) is 0. The molecule has 33 heavy (non-hydrogen) atoms. The van der Waals surface area contributed by atoms with E-state index in [0.29, 0.717) is 17.2 Å². The van der Waals surface area contributed by atoms with Gasteiger partial charge in [0.1, 0.15) is 17.6 Å². The Morgan fingerprint density at radius 2 is 1.97 bits per heavy atom. The van der Waals surface area contributed by atoms with Gasteiger partial charge in [-0.05, 0) is 26.0 Å². The van der Waals surface area contributed by atoms with Crippen LogP contribution in [0.3, 0.4) is 0 Å². The Kier molecular flexibility index (Phi) is 8.26. The second kappa shape index (κ2) is 10.9. The molecule has 0 aliphatic rings. The molecule has 0 aromatic carbocycles. The van der Waals surface area contributed by atoms with Gasteiger partial charge in [0.05, 0.1) is 18.3 Å². The quantitative estimate of drug-likeness (QED) is 0.368. The van der Waals surface area contributed by atoms with Crippen molar-refractivity contribution in [3.8, 4) is 12.3 Å². The van der Waals surface area contributed by atoms with Crippen molar-refractivity contribution in [1.29, 1.82) is 10.5 Å². The third kappa shape index (κ3) is 6.38. The maximum atomic E-state index is 12.6. The predicted molar refractivity (Wildman–Crippen MR) is 121 cm³/mol. The third-order valence-corrected chi connectivity index (χ3v) is 4.23. The highest BCUT2D eigenvalue weighted by molar-refractivity contribution is 6.29. The van der Waals surface area contributed by atoms with Crippen LogP contribution in [0, 0.1) is 22.8 Å². The molecule has 0 radical (unpaired) electrons. The van der Waals surface area contributed by atoms with E-state index in [1.807, 2.05) is 25.2 Å². The first-order chi connectivity index (χ1) is 15.7. The molecular weight excluding hydrogens is 446 g/mol. The van der Waals surface area contributed by atoms with Crippen LogP contribution in [0.1, 0.15) is 50.3 Å². The number of imidazole rings is 1. The highest BCUT2D eigenvalue weighted by Crippen LogP contribution is 2.23. The fourth-order valence-corrected chi connectivity index (χ4v) is 2.98. The molecule has 3 rings (SSSR count). The van der Waals surface area contributed by atoms with Crippen molar-refractivity contribution >= 4 is 40.6 Å². The number of hydrogen-bond acceptors (Lipinski definition) is 8. The molecule has 3 N–H and O–H groups in total. The van der Waals surface area contributed by atoms with Gasteiger partial charge in [0.15, 0.2) is 22.7 Å². The number of nitrogens with one attached hydrogen (secondary N) is 3. The number of rotatable bonds is 6. The van der Waals surface area contributed by atoms with Crippen LogP contribution in [0.5, 0.6) is 0 Å². The largest absolute Gasteiger partial charge is 0.345 e. The van der Waals surface area contributed by atoms with Crippen molar-refractivity contribution in [2.24, 2.45) is 0 Å². The van der Waals surface area contributed by atoms with Gasteiger partial charge in [0.2, 0.25) is 5.91 Å². The minimum Gasteiger partial charge on any atom is -0.345 e. The SMILES string of the molecule is CC.CC(C)(CC(=O)NC#N)NC(=O)c1cccc(Nc2cc(Cl)nn3c(C#N)cnc23)n1. The molecule has 0 saturated heterocycles. The molecule has 2 amide bonds. The second-order valence-corrected chi connectivity index (χ2v) is 7.47. The predicted octanol–water partition coefficient (Wildman–Crippen LogP) is 2.91. The Hall–Kier alpha value is -4.22. The normalized spacial score (nSPS) is 10.3. The number of halogens is 1. The molecular formula is C21H22ClN9O2. The molecule has 0 aliphatic heterocycles. The molecule has 0 bridgehead atoms. The summed E-state index contributed by atoms with van der Waals surface area (Å²) in [5, 5.41) is 29.6. The van der Waals surface area contributed by atoms with Crippen molar-refractivity contribution in [3.05, 3.63) is 47.0 Å². The smallest absolute Gasteiger partial charge is 0.270 e. The molecule has 0 aliphatic carbocycles. The molecule has 0 saturated carbocycles. The molecule has 0 atom stereocenters. The number of carbonyl (C=O) groups is 2. The van der Waals surface area contributed by atoms with Gasteiger partial charge < -0.3 is 10.6 Å². The summed E-state index contributed by atoms with van der Waals surface area (Å²) < 4.78 is 1.30. The van der Waals surface area contributed by atoms with Gasteiger partial charge in [-0.2, -0.15) is 20.1 Å². The van der Waals surface area contributed by atoms with E-state index >= 15 is 0 Å². The van der Waals surface area contributed by atoms with Crippen molar-refractivity contribution in [1.82, 2.24) is 30.2 Å². The fourth-order valence-electron chi connectivity index (χ4n) is 2.80. The number of hydrogen-bond donors (Lipinski definition) is 3. The summed E-state index contributed by atoms with van der Waals surface area (Å²) in [5.41, 5.74) is 0.222. The Bertz CT molecular complexity index is 1250. The number of nitriles is 2. The summed E-state index contributed by atoms with van der Waals surface area (Å²) in [6.07, 6.45) is 2.84. The molecule has 3 aromatic rings. The number of amides is 2. The van der Waals surface area contributed by atoms with E-state index in [1.54, 1.807) is 32.2 Å². The highest BCUT2D eigenvalue weighted by Gasteiger charge is 2.25. The van der Waals surface area contributed by atoms with E-state index in [0.717, 1.165) is 0 Å². The van der Waals surface area contributed by atoms with Crippen molar-refractivity contribution in [3.63, 3.8) is 0 Å². The minimum atomic E-state index is -0.905. The van der Waals surface area contributed by atoms with Crippen LogP contribution in [0.25, 0.3) is 5.65 Å². The summed E-state index contributed by atoms with van der Waals surface area (Å²) in [4.78, 5) is 32.7. The van der Waals surface area contributed by atoms with Crippen LogP contribution in [-0.2, 0) is 4.79 Å². The lowest BCUT2D eigenvalue weighted by atomic mass is 10.00. The van der Waals surface area contributed by atoms with Gasteiger partial charge in [0.25, 0.3) is 5.91 Å². The second-order valence-electron chi connectivity index (χ2n) is 7.08. The Morgan fingerprint density at radius 1 is 1.24 bits per heavy atom. The van der Waals surface area contributed by atoms with Crippen LogP contribution < -0.4 is 16.0 Å². The van der Waals surface area contributed by atoms with Gasteiger partial charge in [-0.3, -0.25) is 14.9 Å². The number of fused-ring (bicyclic) bond motifs is 1. The average molecular weight is 468 g/mol. The number of pyridine rings is 1. The van der Waals surface area contributed by atoms with Crippen molar-refractivity contribution < 1.29 is 9.59 Å². The van der Waals surface area contributed by atoms with Gasteiger partial charge in [-0.1, -0.05) is 31.5 Å². The van der Waals surface area contributed by atoms with Crippen molar-refractivity contribution in [2.45, 2.75) is 39.7 Å². The molecule has 0 unspecified atom stereocenters. The third-order valence-electron chi connectivity index (χ3n) is 4.05. The van der Waals surface area contributed by atoms with Gasteiger partial charge in [-0.25, -0.2) is 9.97 Å².